The maximum absolute atomic E-state index is 13.4. The summed E-state index contributed by atoms with van der Waals surface area (Å²) in [5.41, 5.74) is 3.67. The van der Waals surface area contributed by atoms with E-state index in [1.165, 1.54) is 9.13 Å². The number of aromatic nitrogens is 2. The summed E-state index contributed by atoms with van der Waals surface area (Å²) in [7, 11) is 0. The maximum Gasteiger partial charge on any atom is 0.331 e. The predicted octanol–water partition coefficient (Wildman–Crippen LogP) is 3.63. The number of benzene rings is 3. The van der Waals surface area contributed by atoms with Crippen molar-refractivity contribution in [2.75, 3.05) is 0 Å². The van der Waals surface area contributed by atoms with Crippen molar-refractivity contribution in [3.05, 3.63) is 122 Å². The molecule has 3 aromatic carbocycles. The summed E-state index contributed by atoms with van der Waals surface area (Å²) in [5, 5.41) is 9.62. The van der Waals surface area contributed by atoms with Gasteiger partial charge in [-0.25, -0.2) is 10.3 Å². The lowest BCUT2D eigenvalue weighted by Crippen LogP contribution is -2.40. The Labute approximate surface area is 200 Å². The summed E-state index contributed by atoms with van der Waals surface area (Å²) in [6, 6.07) is 21.4. The largest absolute Gasteiger partial charge is 0.331 e. The number of hydrogen-bond donors (Lipinski definition) is 2. The Morgan fingerprint density at radius 1 is 0.941 bits per heavy atom. The third kappa shape index (κ3) is 4.71. The van der Waals surface area contributed by atoms with Crippen LogP contribution in [-0.4, -0.2) is 20.2 Å². The number of aryl methyl sites for hydroxylation is 1. The van der Waals surface area contributed by atoms with Crippen molar-refractivity contribution < 1.29 is 10.0 Å². The molecule has 34 heavy (non-hydrogen) atoms. The lowest BCUT2D eigenvalue weighted by molar-refractivity contribution is -0.123. The maximum atomic E-state index is 13.4. The standard InChI is InChI=1S/C26H22ClN3O4/c1-17(24(31)28-34)20-9-7-19(8-10-20)16-30-23-15-21(27)11-12-22(23)25(32)29(26(30)33)14-13-18-5-3-2-4-6-18/h2-12,15,34H,1,13-14,16H2,(H,28,31). The molecule has 7 nitrogen and oxygen atoms in total. The molecule has 172 valence electrons. The number of nitrogens with zero attached hydrogens (tertiary/aromatic N) is 2. The van der Waals surface area contributed by atoms with Crippen LogP contribution in [0.4, 0.5) is 0 Å². The van der Waals surface area contributed by atoms with Gasteiger partial charge in [-0.3, -0.25) is 23.9 Å². The normalized spacial score (nSPS) is 10.9. The molecule has 0 spiro atoms. The summed E-state index contributed by atoms with van der Waals surface area (Å²) in [6.07, 6.45) is 0.540. The molecule has 0 radical (unpaired) electrons. The minimum absolute atomic E-state index is 0.109. The monoisotopic (exact) mass is 475 g/mol. The van der Waals surface area contributed by atoms with Crippen molar-refractivity contribution >= 4 is 34.0 Å². The second kappa shape index (κ2) is 9.91. The molecular formula is C26H22ClN3O4. The lowest BCUT2D eigenvalue weighted by Gasteiger charge is -2.15. The summed E-state index contributed by atoms with van der Waals surface area (Å²) in [6.45, 7) is 4.10. The topological polar surface area (TPSA) is 93.3 Å². The molecule has 0 aliphatic carbocycles. The molecular weight excluding hydrogens is 454 g/mol. The molecule has 2 N–H and O–H groups in total. The van der Waals surface area contributed by atoms with Crippen LogP contribution >= 0.6 is 11.6 Å². The highest BCUT2D eigenvalue weighted by molar-refractivity contribution is 6.31. The number of fused-ring (bicyclic) bond motifs is 1. The Balaban J connectivity index is 1.74. The van der Waals surface area contributed by atoms with Gasteiger partial charge in [0.25, 0.3) is 11.5 Å². The Morgan fingerprint density at radius 3 is 2.32 bits per heavy atom. The van der Waals surface area contributed by atoms with Crippen molar-refractivity contribution in [1.82, 2.24) is 14.6 Å². The Hall–Kier alpha value is -3.94. The molecule has 0 atom stereocenters. The molecule has 4 rings (SSSR count). The first-order valence-corrected chi connectivity index (χ1v) is 11.0. The van der Waals surface area contributed by atoms with Gasteiger partial charge >= 0.3 is 5.69 Å². The van der Waals surface area contributed by atoms with Crippen LogP contribution in [-0.2, 0) is 24.3 Å². The summed E-state index contributed by atoms with van der Waals surface area (Å²) >= 11 is 6.19. The van der Waals surface area contributed by atoms with Crippen molar-refractivity contribution in [1.29, 1.82) is 0 Å². The molecule has 0 saturated heterocycles. The number of carbonyl (C=O) groups is 1. The first kappa shape index (κ1) is 23.2. The Morgan fingerprint density at radius 2 is 1.65 bits per heavy atom. The fourth-order valence-electron chi connectivity index (χ4n) is 3.82. The van der Waals surface area contributed by atoms with E-state index in [1.54, 1.807) is 47.9 Å². The minimum atomic E-state index is -0.699. The first-order chi connectivity index (χ1) is 16.4. The Kier molecular flexibility index (Phi) is 6.77. The van der Waals surface area contributed by atoms with Gasteiger partial charge in [0.15, 0.2) is 0 Å². The lowest BCUT2D eigenvalue weighted by atomic mass is 10.0. The third-order valence-corrected chi connectivity index (χ3v) is 5.91. The van der Waals surface area contributed by atoms with E-state index in [4.69, 9.17) is 16.8 Å². The molecule has 0 bridgehead atoms. The molecule has 0 aliphatic heterocycles. The van der Waals surface area contributed by atoms with Crippen LogP contribution < -0.4 is 16.7 Å². The first-order valence-electron chi connectivity index (χ1n) is 10.6. The number of hydrogen-bond acceptors (Lipinski definition) is 4. The Bertz CT molecular complexity index is 1490. The highest BCUT2D eigenvalue weighted by atomic mass is 35.5. The van der Waals surface area contributed by atoms with Crippen LogP contribution in [0, 0.1) is 0 Å². The second-order valence-electron chi connectivity index (χ2n) is 7.84. The quantitative estimate of drug-likeness (QED) is 0.242. The molecule has 0 aliphatic rings. The van der Waals surface area contributed by atoms with Gasteiger partial charge in [0, 0.05) is 17.1 Å². The van der Waals surface area contributed by atoms with Crippen LogP contribution in [0.3, 0.4) is 0 Å². The predicted molar refractivity (Wildman–Crippen MR) is 132 cm³/mol. The zero-order valence-corrected chi connectivity index (χ0v) is 19.0. The van der Waals surface area contributed by atoms with Gasteiger partial charge in [-0.05, 0) is 41.3 Å². The molecule has 0 fully saturated rings. The van der Waals surface area contributed by atoms with Crippen molar-refractivity contribution in [2.45, 2.75) is 19.5 Å². The van der Waals surface area contributed by atoms with Gasteiger partial charge in [0.2, 0.25) is 0 Å². The SMILES string of the molecule is C=C(C(=O)NO)c1ccc(Cn2c(=O)n(CCc3ccccc3)c(=O)c3ccc(Cl)cc32)cc1. The van der Waals surface area contributed by atoms with Gasteiger partial charge in [-0.1, -0.05) is 72.8 Å². The fraction of sp³-hybridized carbons (Fsp3) is 0.115. The number of amides is 1. The molecule has 1 heterocycles. The molecule has 8 heteroatoms. The van der Waals surface area contributed by atoms with Crippen molar-refractivity contribution in [2.24, 2.45) is 0 Å². The number of halogens is 1. The van der Waals surface area contributed by atoms with E-state index in [1.807, 2.05) is 30.3 Å². The summed E-state index contributed by atoms with van der Waals surface area (Å²) < 4.78 is 2.78. The number of hydroxylamine groups is 1. The fourth-order valence-corrected chi connectivity index (χ4v) is 3.98. The zero-order chi connectivity index (χ0) is 24.2. The smallest absolute Gasteiger partial charge is 0.289 e. The van der Waals surface area contributed by atoms with Gasteiger partial charge in [0.1, 0.15) is 0 Å². The van der Waals surface area contributed by atoms with E-state index in [-0.39, 0.29) is 24.2 Å². The zero-order valence-electron chi connectivity index (χ0n) is 18.2. The average Bonchev–Trinajstić information content (AvgIpc) is 2.86. The molecule has 4 aromatic rings. The molecule has 0 saturated carbocycles. The van der Waals surface area contributed by atoms with Gasteiger partial charge in [0.05, 0.1) is 17.4 Å². The van der Waals surface area contributed by atoms with E-state index in [0.717, 1.165) is 11.1 Å². The van der Waals surface area contributed by atoms with E-state index in [0.29, 0.717) is 27.9 Å². The highest BCUT2D eigenvalue weighted by Crippen LogP contribution is 2.18. The van der Waals surface area contributed by atoms with E-state index < -0.39 is 11.6 Å². The molecule has 1 aromatic heterocycles. The highest BCUT2D eigenvalue weighted by Gasteiger charge is 2.15. The van der Waals surface area contributed by atoms with E-state index in [2.05, 4.69) is 6.58 Å². The van der Waals surface area contributed by atoms with Gasteiger partial charge in [-0.2, -0.15) is 0 Å². The summed E-state index contributed by atoms with van der Waals surface area (Å²) in [5.74, 6) is -0.699. The third-order valence-electron chi connectivity index (χ3n) is 5.67. The number of rotatable bonds is 7. The van der Waals surface area contributed by atoms with Crippen LogP contribution in [0.2, 0.25) is 5.02 Å². The second-order valence-corrected chi connectivity index (χ2v) is 8.28. The van der Waals surface area contributed by atoms with Gasteiger partial charge in [-0.15, -0.1) is 0 Å². The van der Waals surface area contributed by atoms with Gasteiger partial charge < -0.3 is 0 Å². The number of carbonyl (C=O) groups excluding carboxylic acids is 1. The van der Waals surface area contributed by atoms with Crippen LogP contribution in [0.5, 0.6) is 0 Å². The van der Waals surface area contributed by atoms with Crippen LogP contribution in [0.1, 0.15) is 16.7 Å². The van der Waals surface area contributed by atoms with Crippen LogP contribution in [0.15, 0.2) is 89.0 Å². The minimum Gasteiger partial charge on any atom is -0.289 e. The van der Waals surface area contributed by atoms with Crippen molar-refractivity contribution in [3.8, 4) is 0 Å². The number of nitrogens with one attached hydrogen (secondary N) is 1. The molecule has 1 amide bonds. The summed E-state index contributed by atoms with van der Waals surface area (Å²) in [4.78, 5) is 38.2. The molecule has 0 unspecified atom stereocenters. The van der Waals surface area contributed by atoms with E-state index in [9.17, 15) is 14.4 Å². The van der Waals surface area contributed by atoms with Crippen LogP contribution in [0.25, 0.3) is 16.5 Å². The van der Waals surface area contributed by atoms with E-state index >= 15 is 0 Å². The average molecular weight is 476 g/mol. The van der Waals surface area contributed by atoms with Crippen molar-refractivity contribution in [3.63, 3.8) is 0 Å².